The van der Waals surface area contributed by atoms with Crippen molar-refractivity contribution in [3.05, 3.63) is 17.2 Å². The lowest BCUT2D eigenvalue weighted by atomic mass is 10.2. The number of carbonyl (C=O) groups is 4. The number of imide groups is 1. The molecular weight excluding hydrogens is 380 g/mol. The van der Waals surface area contributed by atoms with Gasteiger partial charge in [0.05, 0.1) is 31.4 Å². The fourth-order valence-corrected chi connectivity index (χ4v) is 2.68. The lowest BCUT2D eigenvalue weighted by Crippen LogP contribution is -2.32. The second kappa shape index (κ2) is 9.22. The number of nitrogens with one attached hydrogen (secondary N) is 1. The van der Waals surface area contributed by atoms with Crippen LogP contribution in [0.3, 0.4) is 0 Å². The highest BCUT2D eigenvalue weighted by Crippen LogP contribution is 2.35. The highest BCUT2D eigenvalue weighted by Gasteiger charge is 2.29. The molecule has 146 valence electrons. The summed E-state index contributed by atoms with van der Waals surface area (Å²) >= 11 is 6.02. The molecule has 0 saturated carbocycles. The number of rotatable bonds is 8. The number of ether oxygens (including phenoxy) is 3. The van der Waals surface area contributed by atoms with E-state index < -0.39 is 18.5 Å². The Kier molecular flexibility index (Phi) is 7.00. The minimum Gasteiger partial charge on any atom is -0.495 e. The highest BCUT2D eigenvalue weighted by molar-refractivity contribution is 6.32. The van der Waals surface area contributed by atoms with Crippen LogP contribution in [0.2, 0.25) is 5.02 Å². The molecule has 0 aliphatic carbocycles. The van der Waals surface area contributed by atoms with Crippen molar-refractivity contribution in [2.45, 2.75) is 19.3 Å². The molecule has 1 fully saturated rings. The number of anilines is 1. The number of hydrogen-bond donors (Lipinski definition) is 1. The number of nitrogens with zero attached hydrogens (tertiary/aromatic N) is 1. The number of amides is 3. The Balaban J connectivity index is 1.84. The summed E-state index contributed by atoms with van der Waals surface area (Å²) in [6.07, 6.45) is 0.132. The Labute approximate surface area is 160 Å². The molecule has 3 amide bonds. The van der Waals surface area contributed by atoms with Crippen molar-refractivity contribution in [1.29, 1.82) is 0 Å². The number of likely N-dealkylation sites (tertiary alicyclic amines) is 1. The van der Waals surface area contributed by atoms with E-state index in [2.05, 4.69) is 5.32 Å². The molecule has 1 aromatic rings. The zero-order valence-corrected chi connectivity index (χ0v) is 15.6. The summed E-state index contributed by atoms with van der Waals surface area (Å²) in [6.45, 7) is -0.590. The van der Waals surface area contributed by atoms with Gasteiger partial charge in [0.1, 0.15) is 11.5 Å². The predicted octanol–water partition coefficient (Wildman–Crippen LogP) is 1.38. The summed E-state index contributed by atoms with van der Waals surface area (Å²) in [4.78, 5) is 47.6. The van der Waals surface area contributed by atoms with Gasteiger partial charge in [-0.3, -0.25) is 24.1 Å². The summed E-state index contributed by atoms with van der Waals surface area (Å²) in [7, 11) is 2.86. The topological polar surface area (TPSA) is 111 Å². The van der Waals surface area contributed by atoms with E-state index in [9.17, 15) is 19.2 Å². The van der Waals surface area contributed by atoms with Crippen molar-refractivity contribution in [3.8, 4) is 11.5 Å². The fourth-order valence-electron chi connectivity index (χ4n) is 2.44. The molecule has 0 spiro atoms. The van der Waals surface area contributed by atoms with Gasteiger partial charge >= 0.3 is 5.97 Å². The lowest BCUT2D eigenvalue weighted by Gasteiger charge is -2.14. The van der Waals surface area contributed by atoms with Crippen LogP contribution in [0.5, 0.6) is 11.5 Å². The molecule has 1 aromatic carbocycles. The van der Waals surface area contributed by atoms with E-state index in [1.54, 1.807) is 0 Å². The van der Waals surface area contributed by atoms with Crippen LogP contribution in [-0.2, 0) is 23.9 Å². The first-order valence-electron chi connectivity index (χ1n) is 8.06. The Hall–Kier alpha value is -2.81. The van der Waals surface area contributed by atoms with Crippen LogP contribution >= 0.6 is 11.6 Å². The molecule has 1 N–H and O–H groups in total. The molecule has 1 aliphatic rings. The van der Waals surface area contributed by atoms with Crippen LogP contribution in [-0.4, -0.2) is 56.0 Å². The van der Waals surface area contributed by atoms with Crippen LogP contribution in [0, 0.1) is 0 Å². The summed E-state index contributed by atoms with van der Waals surface area (Å²) < 4.78 is 15.1. The molecule has 27 heavy (non-hydrogen) atoms. The van der Waals surface area contributed by atoms with Crippen LogP contribution in [0.25, 0.3) is 0 Å². The normalized spacial score (nSPS) is 13.5. The van der Waals surface area contributed by atoms with Crippen molar-refractivity contribution >= 4 is 41.0 Å². The SMILES string of the molecule is COc1cc(OC)c(NC(=O)COC(=O)CCN2C(=O)CCC2=O)cc1Cl. The average molecular weight is 399 g/mol. The molecule has 1 aliphatic heterocycles. The summed E-state index contributed by atoms with van der Waals surface area (Å²) in [5.41, 5.74) is 0.289. The largest absolute Gasteiger partial charge is 0.495 e. The van der Waals surface area contributed by atoms with Gasteiger partial charge in [-0.1, -0.05) is 11.6 Å². The first kappa shape index (κ1) is 20.5. The third kappa shape index (κ3) is 5.33. The van der Waals surface area contributed by atoms with Crippen molar-refractivity contribution < 1.29 is 33.4 Å². The number of benzene rings is 1. The molecule has 0 aromatic heterocycles. The maximum absolute atomic E-state index is 12.0. The number of esters is 1. The van der Waals surface area contributed by atoms with E-state index in [4.69, 9.17) is 25.8 Å². The molecule has 10 heteroatoms. The zero-order chi connectivity index (χ0) is 20.0. The van der Waals surface area contributed by atoms with Crippen molar-refractivity contribution in [3.63, 3.8) is 0 Å². The van der Waals surface area contributed by atoms with Gasteiger partial charge in [0.2, 0.25) is 11.8 Å². The zero-order valence-electron chi connectivity index (χ0n) is 14.9. The number of carbonyl (C=O) groups excluding carboxylic acids is 4. The first-order valence-corrected chi connectivity index (χ1v) is 8.43. The maximum Gasteiger partial charge on any atom is 0.308 e. The maximum atomic E-state index is 12.0. The molecular formula is C17H19ClN2O7. The minimum absolute atomic E-state index is 0.0555. The number of methoxy groups -OCH3 is 2. The molecule has 0 radical (unpaired) electrons. The lowest BCUT2D eigenvalue weighted by molar-refractivity contribution is -0.148. The Bertz CT molecular complexity index is 750. The second-order valence-corrected chi connectivity index (χ2v) is 5.99. The fraction of sp³-hybridized carbons (Fsp3) is 0.412. The monoisotopic (exact) mass is 398 g/mol. The van der Waals surface area contributed by atoms with E-state index in [0.717, 1.165) is 4.90 Å². The van der Waals surface area contributed by atoms with E-state index in [0.29, 0.717) is 11.5 Å². The number of halogens is 1. The Morgan fingerprint density at radius 3 is 2.33 bits per heavy atom. The van der Waals surface area contributed by atoms with Crippen LogP contribution in [0.4, 0.5) is 5.69 Å². The smallest absolute Gasteiger partial charge is 0.308 e. The van der Waals surface area contributed by atoms with Crippen molar-refractivity contribution in [2.24, 2.45) is 0 Å². The van der Waals surface area contributed by atoms with Gasteiger partial charge in [0.15, 0.2) is 6.61 Å². The van der Waals surface area contributed by atoms with Crippen LogP contribution in [0.15, 0.2) is 12.1 Å². The molecule has 9 nitrogen and oxygen atoms in total. The average Bonchev–Trinajstić information content (AvgIpc) is 2.96. The molecule has 1 saturated heterocycles. The van der Waals surface area contributed by atoms with Gasteiger partial charge in [-0.2, -0.15) is 0 Å². The van der Waals surface area contributed by atoms with Crippen LogP contribution in [0.1, 0.15) is 19.3 Å². The van der Waals surface area contributed by atoms with E-state index >= 15 is 0 Å². The standard InChI is InChI=1S/C17H19ClN2O7/c1-25-12-8-13(26-2)11(7-10(12)18)19-14(21)9-27-17(24)5-6-20-15(22)3-4-16(20)23/h7-8H,3-6,9H2,1-2H3,(H,19,21). The van der Waals surface area contributed by atoms with Crippen molar-refractivity contribution in [1.82, 2.24) is 4.90 Å². The van der Waals surface area contributed by atoms with Gasteiger partial charge in [-0.05, 0) is 6.07 Å². The Morgan fingerprint density at radius 1 is 1.11 bits per heavy atom. The van der Waals surface area contributed by atoms with E-state index in [-0.39, 0.29) is 48.3 Å². The quantitative estimate of drug-likeness (QED) is 0.520. The van der Waals surface area contributed by atoms with Gasteiger partial charge in [-0.15, -0.1) is 0 Å². The molecule has 2 rings (SSSR count). The van der Waals surface area contributed by atoms with Gasteiger partial charge in [-0.25, -0.2) is 0 Å². The molecule has 0 unspecified atom stereocenters. The Morgan fingerprint density at radius 2 is 1.74 bits per heavy atom. The van der Waals surface area contributed by atoms with Crippen molar-refractivity contribution in [2.75, 3.05) is 32.7 Å². The third-order valence-corrected chi connectivity index (χ3v) is 4.10. The third-order valence-electron chi connectivity index (χ3n) is 3.81. The molecule has 0 bridgehead atoms. The predicted molar refractivity (Wildman–Crippen MR) is 94.7 cm³/mol. The van der Waals surface area contributed by atoms with Crippen LogP contribution < -0.4 is 14.8 Å². The number of hydrogen-bond acceptors (Lipinski definition) is 7. The van der Waals surface area contributed by atoms with E-state index in [1.165, 1.54) is 26.4 Å². The summed E-state index contributed by atoms with van der Waals surface area (Å²) in [5, 5.41) is 2.79. The molecule has 1 heterocycles. The van der Waals surface area contributed by atoms with Gasteiger partial charge < -0.3 is 19.5 Å². The van der Waals surface area contributed by atoms with Gasteiger partial charge in [0, 0.05) is 25.5 Å². The highest BCUT2D eigenvalue weighted by atomic mass is 35.5. The minimum atomic E-state index is -0.697. The second-order valence-electron chi connectivity index (χ2n) is 5.59. The molecule has 0 atom stereocenters. The summed E-state index contributed by atoms with van der Waals surface area (Å²) in [5.74, 6) is -1.22. The van der Waals surface area contributed by atoms with Gasteiger partial charge in [0.25, 0.3) is 5.91 Å². The summed E-state index contributed by atoms with van der Waals surface area (Å²) in [6, 6.07) is 2.96. The first-order chi connectivity index (χ1) is 12.8. The van der Waals surface area contributed by atoms with E-state index in [1.807, 2.05) is 0 Å².